The van der Waals surface area contributed by atoms with Crippen molar-refractivity contribution in [3.63, 3.8) is 0 Å². The van der Waals surface area contributed by atoms with Crippen LogP contribution < -0.4 is 0 Å². The second-order valence-electron chi connectivity index (χ2n) is 5.17. The summed E-state index contributed by atoms with van der Waals surface area (Å²) in [5.74, 6) is 0. The maximum Gasteiger partial charge on any atom is 0.0636 e. The van der Waals surface area contributed by atoms with E-state index in [1.807, 2.05) is 30.3 Å². The minimum absolute atomic E-state index is 0.426. The van der Waals surface area contributed by atoms with E-state index in [-0.39, 0.29) is 0 Å². The summed E-state index contributed by atoms with van der Waals surface area (Å²) in [7, 11) is 0. The Hall–Kier alpha value is -1.71. The van der Waals surface area contributed by atoms with Crippen LogP contribution in [-0.2, 0) is 12.8 Å². The molecule has 0 amide bonds. The van der Waals surface area contributed by atoms with Gasteiger partial charge in [-0.05, 0) is 50.8 Å². The number of pyridine rings is 1. The van der Waals surface area contributed by atoms with Crippen LogP contribution in [0.5, 0.6) is 0 Å². The number of fused-ring (bicyclic) bond motifs is 1. The fourth-order valence-corrected chi connectivity index (χ4v) is 2.80. The Morgan fingerprint density at radius 2 is 1.76 bits per heavy atom. The zero-order valence-electron chi connectivity index (χ0n) is 11.5. The van der Waals surface area contributed by atoms with Gasteiger partial charge in [-0.1, -0.05) is 42.5 Å². The van der Waals surface area contributed by atoms with Crippen LogP contribution in [0.3, 0.4) is 0 Å². The lowest BCUT2D eigenvalue weighted by atomic mass is 9.98. The van der Waals surface area contributed by atoms with Crippen molar-refractivity contribution in [2.75, 3.05) is 0 Å². The van der Waals surface area contributed by atoms with E-state index in [9.17, 15) is 5.11 Å². The molecule has 1 atom stereocenters. The second-order valence-corrected chi connectivity index (χ2v) is 6.08. The zero-order chi connectivity index (χ0) is 14.7. The number of hydrogen-bond acceptors (Lipinski definition) is 2. The Morgan fingerprint density at radius 1 is 0.952 bits per heavy atom. The van der Waals surface area contributed by atoms with Crippen molar-refractivity contribution in [3.05, 3.63) is 76.5 Å². The predicted molar refractivity (Wildman–Crippen MR) is 89.3 cm³/mol. The topological polar surface area (TPSA) is 33.1 Å². The molecular formula is C18H16BrNO. The monoisotopic (exact) mass is 341 g/mol. The molecule has 1 unspecified atom stereocenters. The molecule has 0 aliphatic rings. The molecule has 0 saturated carbocycles. The second kappa shape index (κ2) is 6.37. The van der Waals surface area contributed by atoms with E-state index in [1.54, 1.807) is 6.20 Å². The number of nitrogens with zero attached hydrogens (tertiary/aromatic N) is 1. The molecule has 2 aromatic carbocycles. The molecule has 106 valence electrons. The first-order valence-electron chi connectivity index (χ1n) is 6.97. The van der Waals surface area contributed by atoms with Crippen molar-refractivity contribution in [1.29, 1.82) is 0 Å². The van der Waals surface area contributed by atoms with E-state index in [0.29, 0.717) is 12.8 Å². The van der Waals surface area contributed by atoms with Crippen LogP contribution in [0.25, 0.3) is 10.8 Å². The number of rotatable bonds is 4. The smallest absolute Gasteiger partial charge is 0.0636 e. The lowest BCUT2D eigenvalue weighted by molar-refractivity contribution is 0.174. The lowest BCUT2D eigenvalue weighted by Gasteiger charge is -2.12. The number of benzene rings is 2. The molecule has 3 rings (SSSR count). The molecule has 1 aromatic heterocycles. The number of aromatic nitrogens is 1. The molecule has 0 bridgehead atoms. The molecule has 0 spiro atoms. The predicted octanol–water partition coefficient (Wildman–Crippen LogP) is 4.14. The largest absolute Gasteiger partial charge is 0.392 e. The van der Waals surface area contributed by atoms with Gasteiger partial charge in [-0.2, -0.15) is 0 Å². The van der Waals surface area contributed by atoms with E-state index >= 15 is 0 Å². The van der Waals surface area contributed by atoms with Crippen LogP contribution in [0.2, 0.25) is 0 Å². The van der Waals surface area contributed by atoms with Crippen molar-refractivity contribution in [2.24, 2.45) is 0 Å². The van der Waals surface area contributed by atoms with Crippen LogP contribution in [0.4, 0.5) is 0 Å². The first-order valence-corrected chi connectivity index (χ1v) is 7.77. The number of aliphatic hydroxyl groups excluding tert-OH is 1. The van der Waals surface area contributed by atoms with E-state index < -0.39 is 6.10 Å². The summed E-state index contributed by atoms with van der Waals surface area (Å²) in [5, 5.41) is 12.8. The van der Waals surface area contributed by atoms with E-state index in [2.05, 4.69) is 45.2 Å². The quantitative estimate of drug-likeness (QED) is 0.773. The van der Waals surface area contributed by atoms with Gasteiger partial charge in [0.2, 0.25) is 0 Å². The van der Waals surface area contributed by atoms with E-state index in [1.165, 1.54) is 16.3 Å². The van der Waals surface area contributed by atoms with Gasteiger partial charge in [-0.3, -0.25) is 4.98 Å². The summed E-state index contributed by atoms with van der Waals surface area (Å²) in [6, 6.07) is 18.4. The highest BCUT2D eigenvalue weighted by molar-refractivity contribution is 9.10. The van der Waals surface area contributed by atoms with Crippen LogP contribution in [0, 0.1) is 0 Å². The number of aliphatic hydroxyl groups is 1. The Kier molecular flexibility index (Phi) is 4.32. The standard InChI is InChI=1S/C18H16BrNO/c19-15-8-9-16(20-12-15)11-17(21)10-14-6-3-5-13-4-1-2-7-18(13)14/h1-9,12,17,21H,10-11H2. The van der Waals surface area contributed by atoms with Crippen molar-refractivity contribution < 1.29 is 5.11 Å². The molecule has 2 nitrogen and oxygen atoms in total. The summed E-state index contributed by atoms with van der Waals surface area (Å²) in [4.78, 5) is 4.32. The Bertz CT molecular complexity index is 734. The number of hydrogen-bond donors (Lipinski definition) is 1. The fourth-order valence-electron chi connectivity index (χ4n) is 2.57. The average Bonchev–Trinajstić information content (AvgIpc) is 2.50. The van der Waals surface area contributed by atoms with Gasteiger partial charge in [-0.15, -0.1) is 0 Å². The number of halogens is 1. The van der Waals surface area contributed by atoms with Gasteiger partial charge in [0.15, 0.2) is 0 Å². The average molecular weight is 342 g/mol. The summed E-state index contributed by atoms with van der Waals surface area (Å²) in [6.07, 6.45) is 2.54. The van der Waals surface area contributed by atoms with Crippen molar-refractivity contribution >= 4 is 26.7 Å². The van der Waals surface area contributed by atoms with Crippen LogP contribution >= 0.6 is 15.9 Å². The lowest BCUT2D eigenvalue weighted by Crippen LogP contribution is -2.15. The van der Waals surface area contributed by atoms with Gasteiger partial charge in [0, 0.05) is 22.8 Å². The van der Waals surface area contributed by atoms with Gasteiger partial charge in [0.1, 0.15) is 0 Å². The molecular weight excluding hydrogens is 326 g/mol. The molecule has 1 heterocycles. The normalized spacial score (nSPS) is 12.5. The first-order chi connectivity index (χ1) is 10.2. The van der Waals surface area contributed by atoms with Crippen LogP contribution in [-0.4, -0.2) is 16.2 Å². The molecule has 3 aromatic rings. The van der Waals surface area contributed by atoms with Crippen LogP contribution in [0.15, 0.2) is 65.3 Å². The summed E-state index contributed by atoms with van der Waals surface area (Å²) < 4.78 is 0.954. The van der Waals surface area contributed by atoms with E-state index in [4.69, 9.17) is 0 Å². The third-order valence-electron chi connectivity index (χ3n) is 3.57. The summed E-state index contributed by atoms with van der Waals surface area (Å²) in [5.41, 5.74) is 2.09. The molecule has 0 aliphatic carbocycles. The molecule has 0 radical (unpaired) electrons. The summed E-state index contributed by atoms with van der Waals surface area (Å²) >= 11 is 3.37. The fraction of sp³-hybridized carbons (Fsp3) is 0.167. The Labute approximate surface area is 132 Å². The molecule has 0 aliphatic heterocycles. The maximum atomic E-state index is 10.3. The minimum Gasteiger partial charge on any atom is -0.392 e. The first kappa shape index (κ1) is 14.2. The third-order valence-corrected chi connectivity index (χ3v) is 4.04. The maximum absolute atomic E-state index is 10.3. The minimum atomic E-state index is -0.426. The van der Waals surface area contributed by atoms with E-state index in [0.717, 1.165) is 10.2 Å². The Balaban J connectivity index is 1.77. The van der Waals surface area contributed by atoms with Crippen LogP contribution in [0.1, 0.15) is 11.3 Å². The Morgan fingerprint density at radius 3 is 2.57 bits per heavy atom. The van der Waals surface area contributed by atoms with Crippen molar-refractivity contribution in [3.8, 4) is 0 Å². The van der Waals surface area contributed by atoms with Crippen molar-refractivity contribution in [2.45, 2.75) is 18.9 Å². The van der Waals surface area contributed by atoms with Gasteiger partial charge in [-0.25, -0.2) is 0 Å². The highest BCUT2D eigenvalue weighted by atomic mass is 79.9. The third kappa shape index (κ3) is 3.49. The molecule has 0 saturated heterocycles. The van der Waals surface area contributed by atoms with Gasteiger partial charge in [0.25, 0.3) is 0 Å². The zero-order valence-corrected chi connectivity index (χ0v) is 13.1. The van der Waals surface area contributed by atoms with Gasteiger partial charge in [0.05, 0.1) is 6.10 Å². The molecule has 0 fully saturated rings. The molecule has 21 heavy (non-hydrogen) atoms. The summed E-state index contributed by atoms with van der Waals surface area (Å²) in [6.45, 7) is 0. The van der Waals surface area contributed by atoms with Crippen molar-refractivity contribution in [1.82, 2.24) is 4.98 Å². The van der Waals surface area contributed by atoms with Gasteiger partial charge < -0.3 is 5.11 Å². The highest BCUT2D eigenvalue weighted by Crippen LogP contribution is 2.20. The van der Waals surface area contributed by atoms with Gasteiger partial charge >= 0.3 is 0 Å². The molecule has 3 heteroatoms. The molecule has 1 N–H and O–H groups in total. The highest BCUT2D eigenvalue weighted by Gasteiger charge is 2.10. The SMILES string of the molecule is OC(Cc1ccc(Br)cn1)Cc1cccc2ccccc12.